The molecular formula is C19H24N4O2. The van der Waals surface area contributed by atoms with Crippen LogP contribution in [0.5, 0.6) is 17.4 Å². The van der Waals surface area contributed by atoms with Crippen LogP contribution in [0.1, 0.15) is 25.8 Å². The number of pyridine rings is 1. The lowest BCUT2D eigenvalue weighted by Gasteiger charge is -2.14. The monoisotopic (exact) mass is 340 g/mol. The number of guanidine groups is 1. The first kappa shape index (κ1) is 17.1. The number of hydrogen-bond donors (Lipinski definition) is 2. The largest absolute Gasteiger partial charge is 0.490 e. The first-order valence-electron chi connectivity index (χ1n) is 8.64. The van der Waals surface area contributed by atoms with Crippen LogP contribution < -0.4 is 20.1 Å². The zero-order valence-corrected chi connectivity index (χ0v) is 14.7. The Balaban J connectivity index is 1.71. The molecule has 6 nitrogen and oxygen atoms in total. The Labute approximate surface area is 148 Å². The van der Waals surface area contributed by atoms with Gasteiger partial charge in [-0.1, -0.05) is 25.1 Å². The number of benzene rings is 1. The van der Waals surface area contributed by atoms with E-state index in [-0.39, 0.29) is 0 Å². The van der Waals surface area contributed by atoms with E-state index in [2.05, 4.69) is 34.5 Å². The standard InChI is InChI=1S/C19H24N4O2/c1-3-11-24-16-8-4-5-9-17(16)25-18-15(7-6-10-20-18)13-22-19-21-12-14(2)23-19/h4-10,14H,3,11-13H2,1-2H3,(H2,21,22,23). The minimum Gasteiger partial charge on any atom is -0.490 e. The molecule has 0 fully saturated rings. The molecule has 1 aromatic heterocycles. The zero-order valence-electron chi connectivity index (χ0n) is 14.7. The van der Waals surface area contributed by atoms with Gasteiger partial charge >= 0.3 is 0 Å². The minimum atomic E-state index is 0.370. The fourth-order valence-corrected chi connectivity index (χ4v) is 2.46. The van der Waals surface area contributed by atoms with Crippen LogP contribution in [0.2, 0.25) is 0 Å². The smallest absolute Gasteiger partial charge is 0.224 e. The SMILES string of the molecule is CCCOc1ccccc1Oc1ncccc1CNC1=NCC(C)N1. The molecule has 0 saturated carbocycles. The maximum absolute atomic E-state index is 6.04. The number of ether oxygens (including phenoxy) is 2. The van der Waals surface area contributed by atoms with Gasteiger partial charge in [-0.3, -0.25) is 4.99 Å². The van der Waals surface area contributed by atoms with Gasteiger partial charge in [0.15, 0.2) is 17.5 Å². The molecule has 2 heterocycles. The van der Waals surface area contributed by atoms with Gasteiger partial charge in [-0.15, -0.1) is 0 Å². The summed E-state index contributed by atoms with van der Waals surface area (Å²) >= 11 is 0. The second kappa shape index (κ2) is 8.37. The normalized spacial score (nSPS) is 16.1. The Morgan fingerprint density at radius 3 is 2.80 bits per heavy atom. The molecule has 0 bridgehead atoms. The molecule has 1 aliphatic heterocycles. The van der Waals surface area contributed by atoms with Crippen LogP contribution in [0.25, 0.3) is 0 Å². The molecule has 1 unspecified atom stereocenters. The molecule has 1 aliphatic rings. The summed E-state index contributed by atoms with van der Waals surface area (Å²) in [5.74, 6) is 2.77. The lowest BCUT2D eigenvalue weighted by molar-refractivity contribution is 0.300. The highest BCUT2D eigenvalue weighted by atomic mass is 16.5. The number of nitrogens with one attached hydrogen (secondary N) is 2. The summed E-state index contributed by atoms with van der Waals surface area (Å²) in [5.41, 5.74) is 0.955. The predicted molar refractivity (Wildman–Crippen MR) is 98.3 cm³/mol. The van der Waals surface area contributed by atoms with Gasteiger partial charge in [-0.2, -0.15) is 0 Å². The van der Waals surface area contributed by atoms with Gasteiger partial charge in [-0.05, 0) is 31.5 Å². The second-order valence-electron chi connectivity index (χ2n) is 5.95. The van der Waals surface area contributed by atoms with Crippen LogP contribution in [0.4, 0.5) is 0 Å². The summed E-state index contributed by atoms with van der Waals surface area (Å²) in [7, 11) is 0. The van der Waals surface area contributed by atoms with Gasteiger partial charge in [0.05, 0.1) is 13.2 Å². The maximum Gasteiger partial charge on any atom is 0.224 e. The van der Waals surface area contributed by atoms with Gasteiger partial charge < -0.3 is 20.1 Å². The highest BCUT2D eigenvalue weighted by Gasteiger charge is 2.14. The molecule has 3 rings (SSSR count). The third-order valence-electron chi connectivity index (χ3n) is 3.72. The molecule has 2 N–H and O–H groups in total. The number of para-hydroxylation sites is 2. The Kier molecular flexibility index (Phi) is 5.72. The molecule has 1 aromatic carbocycles. The van der Waals surface area contributed by atoms with Gasteiger partial charge in [0.1, 0.15) is 0 Å². The molecule has 0 radical (unpaired) electrons. The Morgan fingerprint density at radius 1 is 1.20 bits per heavy atom. The van der Waals surface area contributed by atoms with Crippen molar-refractivity contribution < 1.29 is 9.47 Å². The van der Waals surface area contributed by atoms with Crippen LogP contribution in [0, 0.1) is 0 Å². The summed E-state index contributed by atoms with van der Waals surface area (Å²) < 4.78 is 11.8. The van der Waals surface area contributed by atoms with Crippen molar-refractivity contribution in [2.75, 3.05) is 13.2 Å². The van der Waals surface area contributed by atoms with Crippen LogP contribution >= 0.6 is 0 Å². The average molecular weight is 340 g/mol. The number of hydrogen-bond acceptors (Lipinski definition) is 6. The van der Waals surface area contributed by atoms with E-state index in [0.29, 0.717) is 30.8 Å². The van der Waals surface area contributed by atoms with Crippen molar-refractivity contribution >= 4 is 5.96 Å². The minimum absolute atomic E-state index is 0.370. The fraction of sp³-hybridized carbons (Fsp3) is 0.368. The average Bonchev–Trinajstić information content (AvgIpc) is 3.05. The first-order valence-corrected chi connectivity index (χ1v) is 8.64. The Morgan fingerprint density at radius 2 is 2.04 bits per heavy atom. The molecule has 25 heavy (non-hydrogen) atoms. The summed E-state index contributed by atoms with van der Waals surface area (Å²) in [6.07, 6.45) is 2.67. The molecule has 0 amide bonds. The molecule has 0 spiro atoms. The van der Waals surface area contributed by atoms with Crippen molar-refractivity contribution in [3.05, 3.63) is 48.2 Å². The van der Waals surface area contributed by atoms with Gasteiger partial charge in [0.25, 0.3) is 0 Å². The third kappa shape index (κ3) is 4.62. The molecule has 1 atom stereocenters. The summed E-state index contributed by atoms with van der Waals surface area (Å²) in [6, 6.07) is 11.9. The lowest BCUT2D eigenvalue weighted by Crippen LogP contribution is -2.37. The topological polar surface area (TPSA) is 67.8 Å². The molecule has 132 valence electrons. The van der Waals surface area contributed by atoms with E-state index in [1.807, 2.05) is 36.4 Å². The molecule has 6 heteroatoms. The quantitative estimate of drug-likeness (QED) is 0.811. The highest BCUT2D eigenvalue weighted by Crippen LogP contribution is 2.31. The van der Waals surface area contributed by atoms with Gasteiger partial charge in [-0.25, -0.2) is 4.98 Å². The summed E-state index contributed by atoms with van der Waals surface area (Å²) in [5, 5.41) is 6.57. The molecule has 2 aromatic rings. The predicted octanol–water partition coefficient (Wildman–Crippen LogP) is 3.10. The van der Waals surface area contributed by atoms with E-state index in [9.17, 15) is 0 Å². The zero-order chi connectivity index (χ0) is 17.5. The van der Waals surface area contributed by atoms with Crippen molar-refractivity contribution in [2.24, 2.45) is 4.99 Å². The van der Waals surface area contributed by atoms with E-state index in [1.165, 1.54) is 0 Å². The van der Waals surface area contributed by atoms with Crippen molar-refractivity contribution in [1.82, 2.24) is 15.6 Å². The summed E-state index contributed by atoms with van der Waals surface area (Å²) in [4.78, 5) is 8.78. The lowest BCUT2D eigenvalue weighted by atomic mass is 10.2. The highest BCUT2D eigenvalue weighted by molar-refractivity contribution is 5.81. The van der Waals surface area contributed by atoms with Crippen molar-refractivity contribution in [1.29, 1.82) is 0 Å². The Bertz CT molecular complexity index is 733. The van der Waals surface area contributed by atoms with Crippen molar-refractivity contribution in [3.63, 3.8) is 0 Å². The van der Waals surface area contributed by atoms with E-state index < -0.39 is 0 Å². The number of aromatic nitrogens is 1. The number of aliphatic imine (C=N–C) groups is 1. The molecule has 0 saturated heterocycles. The first-order chi connectivity index (χ1) is 12.3. The third-order valence-corrected chi connectivity index (χ3v) is 3.72. The number of nitrogens with zero attached hydrogens (tertiary/aromatic N) is 2. The fourth-order valence-electron chi connectivity index (χ4n) is 2.46. The maximum atomic E-state index is 6.04. The van der Waals surface area contributed by atoms with Gasteiger partial charge in [0, 0.05) is 24.3 Å². The number of rotatable bonds is 7. The molecular weight excluding hydrogens is 316 g/mol. The van der Waals surface area contributed by atoms with E-state index >= 15 is 0 Å². The van der Waals surface area contributed by atoms with E-state index in [1.54, 1.807) is 6.20 Å². The second-order valence-corrected chi connectivity index (χ2v) is 5.95. The van der Waals surface area contributed by atoms with Crippen LogP contribution in [0.15, 0.2) is 47.6 Å². The van der Waals surface area contributed by atoms with Crippen LogP contribution in [-0.4, -0.2) is 30.1 Å². The van der Waals surface area contributed by atoms with E-state index in [0.717, 1.165) is 30.2 Å². The van der Waals surface area contributed by atoms with Crippen molar-refractivity contribution in [2.45, 2.75) is 32.9 Å². The summed E-state index contributed by atoms with van der Waals surface area (Å²) in [6.45, 7) is 6.21. The van der Waals surface area contributed by atoms with Crippen molar-refractivity contribution in [3.8, 4) is 17.4 Å². The molecule has 0 aliphatic carbocycles. The van der Waals surface area contributed by atoms with Crippen LogP contribution in [-0.2, 0) is 6.54 Å². The Hall–Kier alpha value is -2.76. The van der Waals surface area contributed by atoms with E-state index in [4.69, 9.17) is 9.47 Å². The van der Waals surface area contributed by atoms with Crippen LogP contribution in [0.3, 0.4) is 0 Å². The van der Waals surface area contributed by atoms with Gasteiger partial charge in [0.2, 0.25) is 5.88 Å².